The van der Waals surface area contributed by atoms with Crippen LogP contribution in [-0.4, -0.2) is 60.5 Å². The van der Waals surface area contributed by atoms with Crippen molar-refractivity contribution in [3.8, 4) is 11.4 Å². The van der Waals surface area contributed by atoms with Gasteiger partial charge in [0.05, 0.1) is 16.4 Å². The van der Waals surface area contributed by atoms with Crippen LogP contribution in [0.3, 0.4) is 0 Å². The van der Waals surface area contributed by atoms with Crippen LogP contribution in [0.4, 0.5) is 4.79 Å². The lowest BCUT2D eigenvalue weighted by Gasteiger charge is -2.50. The maximum absolute atomic E-state index is 11.5. The smallest absolute Gasteiger partial charge is 0.407 e. The Kier molecular flexibility index (Phi) is 4.21. The summed E-state index contributed by atoms with van der Waals surface area (Å²) in [6.07, 6.45) is 4.81. The van der Waals surface area contributed by atoms with E-state index in [9.17, 15) is 9.90 Å². The van der Waals surface area contributed by atoms with Crippen molar-refractivity contribution < 1.29 is 9.90 Å². The topological polar surface area (TPSA) is 74.0 Å². The number of imidazole rings is 1. The number of pyridine rings is 2. The number of aromatic nitrogens is 3. The number of piperazine rings is 1. The summed E-state index contributed by atoms with van der Waals surface area (Å²) in [7, 11) is 0. The molecule has 8 heteroatoms. The fourth-order valence-electron chi connectivity index (χ4n) is 4.45. The number of amides is 1. The molecule has 0 spiro atoms. The van der Waals surface area contributed by atoms with Crippen LogP contribution >= 0.6 is 11.6 Å². The summed E-state index contributed by atoms with van der Waals surface area (Å²) in [5, 5.41) is 10.0. The maximum atomic E-state index is 11.5. The highest BCUT2D eigenvalue weighted by Crippen LogP contribution is 2.32. The summed E-state index contributed by atoms with van der Waals surface area (Å²) < 4.78 is 2.10. The second kappa shape index (κ2) is 6.76. The van der Waals surface area contributed by atoms with Crippen LogP contribution in [-0.2, 0) is 6.54 Å². The van der Waals surface area contributed by atoms with Crippen molar-refractivity contribution in [2.75, 3.05) is 13.1 Å². The minimum absolute atomic E-state index is 0.0683. The van der Waals surface area contributed by atoms with Crippen molar-refractivity contribution in [3.05, 3.63) is 53.4 Å². The number of halogens is 1. The Morgan fingerprint density at radius 2 is 2.04 bits per heavy atom. The Balaban J connectivity index is 1.51. The molecule has 2 bridgehead atoms. The normalized spacial score (nSPS) is 22.1. The predicted molar refractivity (Wildman–Crippen MR) is 105 cm³/mol. The molecule has 6 rings (SSSR count). The predicted octanol–water partition coefficient (Wildman–Crippen LogP) is 3.38. The molecular formula is C20H20ClN5O2. The van der Waals surface area contributed by atoms with E-state index in [-0.39, 0.29) is 12.1 Å². The van der Waals surface area contributed by atoms with E-state index in [2.05, 4.69) is 14.3 Å². The van der Waals surface area contributed by atoms with Gasteiger partial charge >= 0.3 is 6.09 Å². The van der Waals surface area contributed by atoms with E-state index < -0.39 is 6.09 Å². The molecule has 3 aromatic rings. The first kappa shape index (κ1) is 17.5. The molecule has 0 aliphatic carbocycles. The van der Waals surface area contributed by atoms with Gasteiger partial charge in [0.2, 0.25) is 0 Å². The fourth-order valence-corrected chi connectivity index (χ4v) is 4.57. The zero-order chi connectivity index (χ0) is 19.3. The van der Waals surface area contributed by atoms with E-state index in [0.29, 0.717) is 18.1 Å². The number of nitrogens with zero attached hydrogens (tertiary/aromatic N) is 5. The molecule has 3 saturated heterocycles. The van der Waals surface area contributed by atoms with Crippen molar-refractivity contribution in [2.45, 2.75) is 31.5 Å². The second-order valence-electron chi connectivity index (χ2n) is 7.45. The molecule has 0 saturated carbocycles. The Bertz CT molecular complexity index is 1030. The summed E-state index contributed by atoms with van der Waals surface area (Å²) in [6.45, 7) is 2.04. The average molecular weight is 398 g/mol. The second-order valence-corrected chi connectivity index (χ2v) is 7.88. The lowest BCUT2D eigenvalue weighted by atomic mass is 9.91. The van der Waals surface area contributed by atoms with Gasteiger partial charge in [-0.1, -0.05) is 17.7 Å². The van der Waals surface area contributed by atoms with E-state index >= 15 is 0 Å². The number of fused-ring (bicyclic) bond motifs is 4. The lowest BCUT2D eigenvalue weighted by molar-refractivity contribution is -0.0158. The van der Waals surface area contributed by atoms with Gasteiger partial charge in [0.1, 0.15) is 11.3 Å². The van der Waals surface area contributed by atoms with Gasteiger partial charge in [-0.3, -0.25) is 9.88 Å². The minimum atomic E-state index is -0.810. The third-order valence-electron chi connectivity index (χ3n) is 5.84. The summed E-state index contributed by atoms with van der Waals surface area (Å²) in [4.78, 5) is 24.8. The molecule has 1 amide bonds. The van der Waals surface area contributed by atoms with Gasteiger partial charge in [0.15, 0.2) is 0 Å². The van der Waals surface area contributed by atoms with E-state index in [4.69, 9.17) is 16.6 Å². The van der Waals surface area contributed by atoms with E-state index in [1.807, 2.05) is 36.5 Å². The Hall–Kier alpha value is -2.64. The van der Waals surface area contributed by atoms with E-state index in [1.54, 1.807) is 11.1 Å². The van der Waals surface area contributed by atoms with Crippen LogP contribution in [0.15, 0.2) is 42.7 Å². The quantitative estimate of drug-likeness (QED) is 0.733. The summed E-state index contributed by atoms with van der Waals surface area (Å²) >= 11 is 6.01. The summed E-state index contributed by atoms with van der Waals surface area (Å²) in [5.41, 5.74) is 3.58. The monoisotopic (exact) mass is 397 g/mol. The fraction of sp³-hybridized carbons (Fsp3) is 0.350. The van der Waals surface area contributed by atoms with Crippen LogP contribution < -0.4 is 0 Å². The van der Waals surface area contributed by atoms with Crippen LogP contribution in [0, 0.1) is 0 Å². The van der Waals surface area contributed by atoms with Gasteiger partial charge in [0.25, 0.3) is 0 Å². The first-order valence-electron chi connectivity index (χ1n) is 9.41. The number of hydrogen-bond acceptors (Lipinski definition) is 4. The molecule has 3 aliphatic heterocycles. The Morgan fingerprint density at radius 1 is 1.18 bits per heavy atom. The first-order chi connectivity index (χ1) is 13.6. The molecule has 28 heavy (non-hydrogen) atoms. The Labute approximate surface area is 167 Å². The van der Waals surface area contributed by atoms with Crippen molar-refractivity contribution in [1.29, 1.82) is 0 Å². The molecule has 0 aromatic carbocycles. The largest absolute Gasteiger partial charge is 0.465 e. The van der Waals surface area contributed by atoms with Crippen LogP contribution in [0.2, 0.25) is 5.02 Å². The molecular weight excluding hydrogens is 378 g/mol. The summed E-state index contributed by atoms with van der Waals surface area (Å²) in [5.74, 6) is 0. The van der Waals surface area contributed by atoms with Gasteiger partial charge in [-0.05, 0) is 37.1 Å². The standard InChI is InChI=1S/C20H20ClN5O2/c21-13-4-7-16(22-9-13)19-17(25-8-2-1-3-18(25)23-19)12-24-10-15-6-5-14(24)11-26(15)20(27)28/h1-4,7-9,14-15H,5-6,10-12H2,(H,27,28). The SMILES string of the molecule is O=C(O)N1CC2CCC1CN2Cc1c(-c2ccc(Cl)cn2)nc2ccccn12. The van der Waals surface area contributed by atoms with Crippen LogP contribution in [0.5, 0.6) is 0 Å². The molecule has 6 heterocycles. The van der Waals surface area contributed by atoms with Crippen LogP contribution in [0.25, 0.3) is 17.0 Å². The first-order valence-corrected chi connectivity index (χ1v) is 9.79. The number of hydrogen-bond donors (Lipinski definition) is 1. The van der Waals surface area contributed by atoms with Crippen molar-refractivity contribution in [1.82, 2.24) is 24.2 Å². The molecule has 3 fully saturated rings. The molecule has 1 N–H and O–H groups in total. The van der Waals surface area contributed by atoms with Crippen molar-refractivity contribution >= 4 is 23.3 Å². The van der Waals surface area contributed by atoms with Crippen molar-refractivity contribution in [3.63, 3.8) is 0 Å². The molecule has 0 radical (unpaired) electrons. The molecule has 2 unspecified atom stereocenters. The van der Waals surface area contributed by atoms with Gasteiger partial charge < -0.3 is 14.4 Å². The molecule has 3 aromatic heterocycles. The number of rotatable bonds is 3. The Morgan fingerprint density at radius 3 is 2.75 bits per heavy atom. The molecule has 3 aliphatic rings. The van der Waals surface area contributed by atoms with Gasteiger partial charge in [0, 0.05) is 44.1 Å². The third-order valence-corrected chi connectivity index (χ3v) is 6.06. The highest BCUT2D eigenvalue weighted by molar-refractivity contribution is 6.30. The van der Waals surface area contributed by atoms with Gasteiger partial charge in [-0.2, -0.15) is 0 Å². The van der Waals surface area contributed by atoms with Crippen molar-refractivity contribution in [2.24, 2.45) is 0 Å². The molecule has 2 atom stereocenters. The number of carboxylic acid groups (broad SMARTS) is 1. The maximum Gasteiger partial charge on any atom is 0.407 e. The molecule has 144 valence electrons. The molecule has 7 nitrogen and oxygen atoms in total. The third kappa shape index (κ3) is 2.91. The lowest BCUT2D eigenvalue weighted by Crippen LogP contribution is -2.63. The van der Waals surface area contributed by atoms with E-state index in [1.165, 1.54) is 0 Å². The van der Waals surface area contributed by atoms with Gasteiger partial charge in [-0.25, -0.2) is 9.78 Å². The average Bonchev–Trinajstić information content (AvgIpc) is 3.07. The highest BCUT2D eigenvalue weighted by atomic mass is 35.5. The zero-order valence-corrected chi connectivity index (χ0v) is 16.0. The number of piperidine rings is 2. The van der Waals surface area contributed by atoms with E-state index in [0.717, 1.165) is 42.1 Å². The summed E-state index contributed by atoms with van der Waals surface area (Å²) in [6, 6.07) is 9.97. The number of carbonyl (C=O) groups is 1. The highest BCUT2D eigenvalue weighted by Gasteiger charge is 2.41. The zero-order valence-electron chi connectivity index (χ0n) is 15.2. The van der Waals surface area contributed by atoms with Gasteiger partial charge in [-0.15, -0.1) is 0 Å². The minimum Gasteiger partial charge on any atom is -0.465 e. The van der Waals surface area contributed by atoms with Crippen LogP contribution in [0.1, 0.15) is 18.5 Å².